The van der Waals surface area contributed by atoms with Crippen molar-refractivity contribution >= 4 is 41.5 Å². The zero-order valence-electron chi connectivity index (χ0n) is 11.2. The van der Waals surface area contributed by atoms with Gasteiger partial charge in [-0.2, -0.15) is 0 Å². The fourth-order valence-electron chi connectivity index (χ4n) is 1.84. The summed E-state index contributed by atoms with van der Waals surface area (Å²) < 4.78 is 0. The Kier molecular flexibility index (Phi) is 7.53. The second kappa shape index (κ2) is 8.64. The highest BCUT2D eigenvalue weighted by Crippen LogP contribution is 2.31. The smallest absolute Gasteiger partial charge is 0.191 e. The third kappa shape index (κ3) is 5.99. The Morgan fingerprint density at radius 1 is 1.32 bits per heavy atom. The number of nitrogens with one attached hydrogen (secondary N) is 2. The van der Waals surface area contributed by atoms with Crippen LogP contribution in [0.4, 0.5) is 0 Å². The molecule has 1 aliphatic rings. The van der Waals surface area contributed by atoms with Crippen LogP contribution in [-0.4, -0.2) is 19.6 Å². The van der Waals surface area contributed by atoms with Crippen LogP contribution in [0.5, 0.6) is 0 Å². The van der Waals surface area contributed by atoms with Gasteiger partial charge in [-0.05, 0) is 24.0 Å². The lowest BCUT2D eigenvalue weighted by molar-refractivity contribution is 0.684. The number of guanidine groups is 1. The van der Waals surface area contributed by atoms with E-state index in [2.05, 4.69) is 15.6 Å². The first-order valence-corrected chi connectivity index (χ1v) is 6.85. The van der Waals surface area contributed by atoms with Crippen molar-refractivity contribution in [3.05, 3.63) is 34.9 Å². The van der Waals surface area contributed by atoms with Crippen molar-refractivity contribution in [1.82, 2.24) is 10.6 Å². The minimum absolute atomic E-state index is 0. The maximum Gasteiger partial charge on any atom is 0.191 e. The van der Waals surface area contributed by atoms with Crippen LogP contribution in [-0.2, 0) is 6.54 Å². The Balaban J connectivity index is 0.00000180. The van der Waals surface area contributed by atoms with Crippen LogP contribution in [0.3, 0.4) is 0 Å². The second-order valence-corrected chi connectivity index (χ2v) is 5.08. The third-order valence-electron chi connectivity index (χ3n) is 3.17. The summed E-state index contributed by atoms with van der Waals surface area (Å²) in [5, 5.41) is 7.39. The molecule has 0 bridgehead atoms. The molecule has 0 radical (unpaired) electrons. The van der Waals surface area contributed by atoms with Crippen molar-refractivity contribution in [3.63, 3.8) is 0 Å². The lowest BCUT2D eigenvalue weighted by atomic mass is 10.2. The Morgan fingerprint density at radius 2 is 2.05 bits per heavy atom. The summed E-state index contributed by atoms with van der Waals surface area (Å²) in [5.41, 5.74) is 1.09. The van der Waals surface area contributed by atoms with E-state index >= 15 is 0 Å². The molecule has 5 heteroatoms. The van der Waals surface area contributed by atoms with Crippen LogP contribution in [0.25, 0.3) is 0 Å². The molecule has 19 heavy (non-hydrogen) atoms. The Bertz CT molecular complexity index is 419. The SMILES string of the molecule is CN=C(NCCC1CC1)NCc1ccccc1Cl.I. The molecule has 1 aromatic carbocycles. The number of aliphatic imine (C=N–C) groups is 1. The zero-order chi connectivity index (χ0) is 12.8. The monoisotopic (exact) mass is 393 g/mol. The van der Waals surface area contributed by atoms with Gasteiger partial charge in [-0.3, -0.25) is 4.99 Å². The van der Waals surface area contributed by atoms with Crippen LogP contribution in [0.1, 0.15) is 24.8 Å². The van der Waals surface area contributed by atoms with Crippen molar-refractivity contribution in [2.45, 2.75) is 25.8 Å². The molecule has 1 aliphatic carbocycles. The molecule has 3 nitrogen and oxygen atoms in total. The molecule has 0 saturated heterocycles. The Morgan fingerprint density at radius 3 is 2.68 bits per heavy atom. The van der Waals surface area contributed by atoms with E-state index in [1.54, 1.807) is 7.05 Å². The zero-order valence-corrected chi connectivity index (χ0v) is 14.2. The molecule has 0 spiro atoms. The van der Waals surface area contributed by atoms with E-state index in [0.29, 0.717) is 6.54 Å². The summed E-state index contributed by atoms with van der Waals surface area (Å²) in [7, 11) is 1.79. The predicted molar refractivity (Wildman–Crippen MR) is 92.4 cm³/mol. The van der Waals surface area contributed by atoms with Crippen molar-refractivity contribution in [2.75, 3.05) is 13.6 Å². The number of nitrogens with zero attached hydrogens (tertiary/aromatic N) is 1. The minimum atomic E-state index is 0. The van der Waals surface area contributed by atoms with Crippen molar-refractivity contribution in [3.8, 4) is 0 Å². The first-order valence-electron chi connectivity index (χ1n) is 6.47. The number of halogens is 2. The van der Waals surface area contributed by atoms with Crippen molar-refractivity contribution in [1.29, 1.82) is 0 Å². The summed E-state index contributed by atoms with van der Waals surface area (Å²) in [6, 6.07) is 7.86. The van der Waals surface area contributed by atoms with Gasteiger partial charge in [-0.25, -0.2) is 0 Å². The van der Waals surface area contributed by atoms with Gasteiger partial charge in [0.25, 0.3) is 0 Å². The molecule has 1 saturated carbocycles. The topological polar surface area (TPSA) is 36.4 Å². The molecule has 0 unspecified atom stereocenters. The molecule has 2 rings (SSSR count). The van der Waals surface area contributed by atoms with Crippen LogP contribution in [0.2, 0.25) is 5.02 Å². The maximum atomic E-state index is 6.10. The fraction of sp³-hybridized carbons (Fsp3) is 0.500. The normalized spacial score (nSPS) is 14.7. The molecule has 0 amide bonds. The molecule has 1 fully saturated rings. The molecule has 0 aliphatic heterocycles. The van der Waals surface area contributed by atoms with E-state index in [1.165, 1.54) is 19.3 Å². The largest absolute Gasteiger partial charge is 0.356 e. The standard InChI is InChI=1S/C14H20ClN3.HI/c1-16-14(17-9-8-11-6-7-11)18-10-12-4-2-3-5-13(12)15;/h2-5,11H,6-10H2,1H3,(H2,16,17,18);1H. The number of hydrogen-bond acceptors (Lipinski definition) is 1. The Labute approximate surface area is 137 Å². The van der Waals surface area contributed by atoms with Gasteiger partial charge in [-0.1, -0.05) is 42.6 Å². The highest BCUT2D eigenvalue weighted by molar-refractivity contribution is 14.0. The molecular formula is C14H21ClIN3. The quantitative estimate of drug-likeness (QED) is 0.457. The van der Waals surface area contributed by atoms with Gasteiger partial charge < -0.3 is 10.6 Å². The lowest BCUT2D eigenvalue weighted by Gasteiger charge is -2.12. The van der Waals surface area contributed by atoms with Gasteiger partial charge in [0, 0.05) is 25.2 Å². The van der Waals surface area contributed by atoms with E-state index < -0.39 is 0 Å². The maximum absolute atomic E-state index is 6.10. The van der Waals surface area contributed by atoms with Crippen molar-refractivity contribution < 1.29 is 0 Å². The highest BCUT2D eigenvalue weighted by atomic mass is 127. The highest BCUT2D eigenvalue weighted by Gasteiger charge is 2.20. The third-order valence-corrected chi connectivity index (χ3v) is 3.54. The average Bonchev–Trinajstić information content (AvgIpc) is 3.19. The molecule has 0 atom stereocenters. The summed E-state index contributed by atoms with van der Waals surface area (Å²) in [5.74, 6) is 1.79. The first-order chi connectivity index (χ1) is 8.79. The first kappa shape index (κ1) is 16.6. The summed E-state index contributed by atoms with van der Waals surface area (Å²) >= 11 is 6.10. The van der Waals surface area contributed by atoms with E-state index in [0.717, 1.165) is 29.0 Å². The van der Waals surface area contributed by atoms with Gasteiger partial charge in [0.15, 0.2) is 5.96 Å². The number of rotatable bonds is 5. The van der Waals surface area contributed by atoms with Crippen LogP contribution >= 0.6 is 35.6 Å². The molecule has 2 N–H and O–H groups in total. The number of hydrogen-bond donors (Lipinski definition) is 2. The van der Waals surface area contributed by atoms with Crippen LogP contribution in [0.15, 0.2) is 29.3 Å². The van der Waals surface area contributed by atoms with E-state index in [-0.39, 0.29) is 24.0 Å². The summed E-state index contributed by atoms with van der Waals surface area (Å²) in [6.45, 7) is 1.69. The average molecular weight is 394 g/mol. The number of benzene rings is 1. The predicted octanol–water partition coefficient (Wildman–Crippen LogP) is 3.42. The van der Waals surface area contributed by atoms with Crippen molar-refractivity contribution in [2.24, 2.45) is 10.9 Å². The molecule has 106 valence electrons. The van der Waals surface area contributed by atoms with Crippen LogP contribution < -0.4 is 10.6 Å². The van der Waals surface area contributed by atoms with Gasteiger partial charge >= 0.3 is 0 Å². The molecular weight excluding hydrogens is 373 g/mol. The summed E-state index contributed by atoms with van der Waals surface area (Å²) in [4.78, 5) is 4.20. The minimum Gasteiger partial charge on any atom is -0.356 e. The van der Waals surface area contributed by atoms with Gasteiger partial charge in [0.05, 0.1) is 0 Å². The molecule has 1 aromatic rings. The summed E-state index contributed by atoms with van der Waals surface area (Å²) in [6.07, 6.45) is 4.04. The molecule has 0 aromatic heterocycles. The fourth-order valence-corrected chi connectivity index (χ4v) is 2.05. The van der Waals surface area contributed by atoms with E-state index in [9.17, 15) is 0 Å². The van der Waals surface area contributed by atoms with Gasteiger partial charge in [0.1, 0.15) is 0 Å². The lowest BCUT2D eigenvalue weighted by Crippen LogP contribution is -2.37. The van der Waals surface area contributed by atoms with E-state index in [4.69, 9.17) is 11.6 Å². The van der Waals surface area contributed by atoms with E-state index in [1.807, 2.05) is 24.3 Å². The van der Waals surface area contributed by atoms with Gasteiger partial charge in [-0.15, -0.1) is 24.0 Å². The van der Waals surface area contributed by atoms with Gasteiger partial charge in [0.2, 0.25) is 0 Å². The second-order valence-electron chi connectivity index (χ2n) is 4.68. The molecule has 0 heterocycles. The Hall–Kier alpha value is -0.490. The van der Waals surface area contributed by atoms with Crippen LogP contribution in [0, 0.1) is 5.92 Å².